The maximum absolute atomic E-state index is 5.27. The van der Waals surface area contributed by atoms with E-state index in [1.54, 1.807) is 6.26 Å². The van der Waals surface area contributed by atoms with Crippen LogP contribution < -0.4 is 0 Å². The number of allylic oxidation sites excluding steroid dienone is 4. The molecule has 0 amide bonds. The first-order chi connectivity index (χ1) is 7.18. The Morgan fingerprint density at radius 3 is 2.67 bits per heavy atom. The number of hydrogen-bond donors (Lipinski definition) is 0. The van der Waals surface area contributed by atoms with Gasteiger partial charge in [-0.3, -0.25) is 0 Å². The lowest BCUT2D eigenvalue weighted by molar-refractivity contribution is 0.522. The lowest BCUT2D eigenvalue weighted by Crippen LogP contribution is -1.81. The van der Waals surface area contributed by atoms with Gasteiger partial charge in [-0.2, -0.15) is 0 Å². The standard InChI is InChI=1S/C14H20O/c1-12(2)6-4-7-13(3)9-10-14-8-5-11-15-14/h5-6,8-9,11H,4,7,10H2,1-3H3. The molecule has 82 valence electrons. The van der Waals surface area contributed by atoms with Gasteiger partial charge in [0.15, 0.2) is 0 Å². The average Bonchev–Trinajstić information content (AvgIpc) is 2.66. The van der Waals surface area contributed by atoms with Gasteiger partial charge in [0, 0.05) is 6.42 Å². The molecule has 0 aliphatic carbocycles. The van der Waals surface area contributed by atoms with E-state index in [1.807, 2.05) is 12.1 Å². The Balaban J connectivity index is 2.30. The van der Waals surface area contributed by atoms with Crippen molar-refractivity contribution in [3.05, 3.63) is 47.5 Å². The van der Waals surface area contributed by atoms with Crippen molar-refractivity contribution in [3.63, 3.8) is 0 Å². The highest BCUT2D eigenvalue weighted by molar-refractivity contribution is 5.09. The van der Waals surface area contributed by atoms with Crippen molar-refractivity contribution in [1.29, 1.82) is 0 Å². The molecule has 0 aliphatic heterocycles. The van der Waals surface area contributed by atoms with Gasteiger partial charge in [-0.1, -0.05) is 23.3 Å². The highest BCUT2D eigenvalue weighted by Crippen LogP contribution is 2.09. The molecule has 1 nitrogen and oxygen atoms in total. The van der Waals surface area contributed by atoms with Gasteiger partial charge in [-0.05, 0) is 45.7 Å². The summed E-state index contributed by atoms with van der Waals surface area (Å²) in [7, 11) is 0. The molecule has 1 aromatic rings. The second-order valence-electron chi connectivity index (χ2n) is 4.15. The van der Waals surface area contributed by atoms with Crippen molar-refractivity contribution in [2.75, 3.05) is 0 Å². The highest BCUT2D eigenvalue weighted by atomic mass is 16.3. The Bertz CT molecular complexity index is 324. The SMILES string of the molecule is CC(C)=CCCC(C)=CCc1ccco1. The molecule has 15 heavy (non-hydrogen) atoms. The quantitative estimate of drug-likeness (QED) is 0.643. The Labute approximate surface area is 92.5 Å². The zero-order valence-corrected chi connectivity index (χ0v) is 9.92. The molecule has 0 spiro atoms. The van der Waals surface area contributed by atoms with Crippen LogP contribution in [0.5, 0.6) is 0 Å². The molecule has 1 heterocycles. The molecule has 0 unspecified atom stereocenters. The van der Waals surface area contributed by atoms with Crippen molar-refractivity contribution in [1.82, 2.24) is 0 Å². The first kappa shape index (κ1) is 11.8. The van der Waals surface area contributed by atoms with E-state index in [4.69, 9.17) is 4.42 Å². The molecular weight excluding hydrogens is 184 g/mol. The largest absolute Gasteiger partial charge is 0.469 e. The predicted molar refractivity (Wildman–Crippen MR) is 64.8 cm³/mol. The summed E-state index contributed by atoms with van der Waals surface area (Å²) in [5.41, 5.74) is 2.83. The van der Waals surface area contributed by atoms with Crippen molar-refractivity contribution < 1.29 is 4.42 Å². The van der Waals surface area contributed by atoms with Gasteiger partial charge in [-0.25, -0.2) is 0 Å². The highest BCUT2D eigenvalue weighted by Gasteiger charge is 1.93. The number of rotatable bonds is 5. The fourth-order valence-corrected chi connectivity index (χ4v) is 1.39. The van der Waals surface area contributed by atoms with Crippen molar-refractivity contribution in [2.24, 2.45) is 0 Å². The van der Waals surface area contributed by atoms with Gasteiger partial charge in [0.25, 0.3) is 0 Å². The summed E-state index contributed by atoms with van der Waals surface area (Å²) in [6, 6.07) is 3.95. The smallest absolute Gasteiger partial charge is 0.107 e. The van der Waals surface area contributed by atoms with Gasteiger partial charge in [0.05, 0.1) is 6.26 Å². The monoisotopic (exact) mass is 204 g/mol. The second-order valence-corrected chi connectivity index (χ2v) is 4.15. The Morgan fingerprint density at radius 2 is 2.07 bits per heavy atom. The van der Waals surface area contributed by atoms with Crippen LogP contribution in [0.1, 0.15) is 39.4 Å². The summed E-state index contributed by atoms with van der Waals surface area (Å²) in [6.07, 6.45) is 9.45. The first-order valence-electron chi connectivity index (χ1n) is 5.50. The van der Waals surface area contributed by atoms with Crippen LogP contribution >= 0.6 is 0 Å². The van der Waals surface area contributed by atoms with Crippen LogP contribution in [0.4, 0.5) is 0 Å². The first-order valence-corrected chi connectivity index (χ1v) is 5.50. The van der Waals surface area contributed by atoms with Crippen LogP contribution in [0.15, 0.2) is 46.1 Å². The fourth-order valence-electron chi connectivity index (χ4n) is 1.39. The summed E-state index contributed by atoms with van der Waals surface area (Å²) >= 11 is 0. The number of hydrogen-bond acceptors (Lipinski definition) is 1. The average molecular weight is 204 g/mol. The number of furan rings is 1. The van der Waals surface area contributed by atoms with E-state index in [0.717, 1.165) is 25.0 Å². The van der Waals surface area contributed by atoms with Crippen LogP contribution in [-0.4, -0.2) is 0 Å². The molecule has 0 fully saturated rings. The molecule has 0 saturated heterocycles. The Hall–Kier alpha value is -1.24. The minimum absolute atomic E-state index is 0.910. The van der Waals surface area contributed by atoms with Crippen molar-refractivity contribution in [3.8, 4) is 0 Å². The minimum atomic E-state index is 0.910. The molecule has 0 aromatic carbocycles. The van der Waals surface area contributed by atoms with E-state index in [9.17, 15) is 0 Å². The van der Waals surface area contributed by atoms with Crippen molar-refractivity contribution in [2.45, 2.75) is 40.0 Å². The van der Waals surface area contributed by atoms with Gasteiger partial charge >= 0.3 is 0 Å². The lowest BCUT2D eigenvalue weighted by atomic mass is 10.1. The van der Waals surface area contributed by atoms with Gasteiger partial charge < -0.3 is 4.42 Å². The molecule has 1 rings (SSSR count). The maximum Gasteiger partial charge on any atom is 0.107 e. The molecule has 0 N–H and O–H groups in total. The molecule has 0 saturated carbocycles. The molecular formula is C14H20O. The molecule has 0 bridgehead atoms. The minimum Gasteiger partial charge on any atom is -0.469 e. The van der Waals surface area contributed by atoms with Crippen LogP contribution in [0.25, 0.3) is 0 Å². The van der Waals surface area contributed by atoms with E-state index < -0.39 is 0 Å². The van der Waals surface area contributed by atoms with Crippen LogP contribution in [0.3, 0.4) is 0 Å². The third-order valence-corrected chi connectivity index (χ3v) is 2.32. The lowest BCUT2D eigenvalue weighted by Gasteiger charge is -1.98. The maximum atomic E-state index is 5.27. The van der Waals surface area contributed by atoms with Crippen molar-refractivity contribution >= 4 is 0 Å². The summed E-state index contributed by atoms with van der Waals surface area (Å²) in [5, 5.41) is 0. The molecule has 0 atom stereocenters. The van der Waals surface area contributed by atoms with Crippen LogP contribution in [-0.2, 0) is 6.42 Å². The van der Waals surface area contributed by atoms with Gasteiger partial charge in [0.1, 0.15) is 5.76 Å². The summed E-state index contributed by atoms with van der Waals surface area (Å²) in [6.45, 7) is 6.46. The van der Waals surface area contributed by atoms with Gasteiger partial charge in [-0.15, -0.1) is 0 Å². The third-order valence-electron chi connectivity index (χ3n) is 2.32. The third kappa shape index (κ3) is 5.26. The van der Waals surface area contributed by atoms with E-state index in [1.165, 1.54) is 11.1 Å². The molecule has 1 heteroatoms. The fraction of sp³-hybridized carbons (Fsp3) is 0.429. The molecule has 0 radical (unpaired) electrons. The van der Waals surface area contributed by atoms with Crippen LogP contribution in [0.2, 0.25) is 0 Å². The van der Waals surface area contributed by atoms with E-state index in [0.29, 0.717) is 0 Å². The zero-order valence-electron chi connectivity index (χ0n) is 9.92. The van der Waals surface area contributed by atoms with E-state index in [2.05, 4.69) is 32.9 Å². The predicted octanol–water partition coefficient (Wildman–Crippen LogP) is 4.51. The van der Waals surface area contributed by atoms with Crippen LogP contribution in [0, 0.1) is 0 Å². The topological polar surface area (TPSA) is 13.1 Å². The molecule has 0 aliphatic rings. The second kappa shape index (κ2) is 6.28. The zero-order chi connectivity index (χ0) is 11.1. The Morgan fingerprint density at radius 1 is 1.27 bits per heavy atom. The molecule has 1 aromatic heterocycles. The Kier molecular flexibility index (Phi) is 4.96. The summed E-state index contributed by atoms with van der Waals surface area (Å²) in [5.74, 6) is 1.04. The summed E-state index contributed by atoms with van der Waals surface area (Å²) in [4.78, 5) is 0. The normalized spacial score (nSPS) is 11.5. The van der Waals surface area contributed by atoms with E-state index >= 15 is 0 Å². The van der Waals surface area contributed by atoms with E-state index in [-0.39, 0.29) is 0 Å². The summed E-state index contributed by atoms with van der Waals surface area (Å²) < 4.78 is 5.27. The van der Waals surface area contributed by atoms with Gasteiger partial charge in [0.2, 0.25) is 0 Å².